The second-order valence-corrected chi connectivity index (χ2v) is 8.10. The minimum absolute atomic E-state index is 0.154. The third-order valence-corrected chi connectivity index (χ3v) is 5.93. The third-order valence-electron chi connectivity index (χ3n) is 5.08. The van der Waals surface area contributed by atoms with Crippen molar-refractivity contribution in [3.63, 3.8) is 0 Å². The lowest BCUT2D eigenvalue weighted by Crippen LogP contribution is -2.38. The lowest BCUT2D eigenvalue weighted by atomic mass is 9.91. The molecule has 0 aliphatic carbocycles. The fourth-order valence-corrected chi connectivity index (χ4v) is 4.15. The van der Waals surface area contributed by atoms with Crippen LogP contribution in [-0.4, -0.2) is 41.4 Å². The van der Waals surface area contributed by atoms with Crippen LogP contribution in [0, 0.1) is 18.4 Å². The highest BCUT2D eigenvalue weighted by atomic mass is 32.1. The number of amides is 1. The molecule has 0 aromatic carbocycles. The summed E-state index contributed by atoms with van der Waals surface area (Å²) in [6.45, 7) is 9.21. The van der Waals surface area contributed by atoms with E-state index >= 15 is 0 Å². The van der Waals surface area contributed by atoms with Crippen molar-refractivity contribution in [1.82, 2.24) is 15.3 Å². The first-order valence-corrected chi connectivity index (χ1v) is 10.9. The molecule has 3 rings (SSSR count). The number of halogens is 1. The summed E-state index contributed by atoms with van der Waals surface area (Å²) >= 11 is 1.50. The van der Waals surface area contributed by atoms with Crippen LogP contribution in [0.5, 0.6) is 0 Å². The Morgan fingerprint density at radius 2 is 2.17 bits per heavy atom. The molecule has 2 N–H and O–H groups in total. The maximum Gasteiger partial charge on any atom is 0.266 e. The molecule has 0 atom stereocenters. The number of carbonyl (C=O) groups is 1. The summed E-state index contributed by atoms with van der Waals surface area (Å²) in [6, 6.07) is 6.59. The number of hydrogen-bond donors (Lipinski definition) is 2. The largest absolute Gasteiger partial charge is 0.338 e. The molecule has 0 bridgehead atoms. The quantitative estimate of drug-likeness (QED) is 0.173. The SMILES string of the molecule is [C-]#[N+]NC(=NCCCCC1CCN(C(=O)c2cccs2)CC1)Nc1ccc(F)nc1. The highest BCUT2D eigenvalue weighted by Gasteiger charge is 2.23. The lowest BCUT2D eigenvalue weighted by molar-refractivity contribution is 0.0690. The number of pyridine rings is 1. The number of carbonyl (C=O) groups excluding carboxylic acids is 1. The van der Waals surface area contributed by atoms with Crippen molar-refractivity contribution in [2.75, 3.05) is 25.0 Å². The summed E-state index contributed by atoms with van der Waals surface area (Å²) in [5.41, 5.74) is 3.05. The number of piperidine rings is 1. The zero-order valence-electron chi connectivity index (χ0n) is 16.7. The minimum Gasteiger partial charge on any atom is -0.338 e. The monoisotopic (exact) mass is 428 g/mol. The molecule has 2 aromatic rings. The number of likely N-dealkylation sites (tertiary alicyclic amines) is 1. The molecule has 0 unspecified atom stereocenters. The average Bonchev–Trinajstić information content (AvgIpc) is 3.30. The number of nitrogens with zero attached hydrogens (tertiary/aromatic N) is 4. The van der Waals surface area contributed by atoms with Crippen LogP contribution in [0.15, 0.2) is 40.8 Å². The Morgan fingerprint density at radius 3 is 2.83 bits per heavy atom. The Morgan fingerprint density at radius 1 is 1.33 bits per heavy atom. The Hall–Kier alpha value is -2.99. The number of nitrogens with one attached hydrogen (secondary N) is 2. The number of guanidine groups is 1. The Labute approximate surface area is 179 Å². The second kappa shape index (κ2) is 11.3. The number of thiophene rings is 1. The summed E-state index contributed by atoms with van der Waals surface area (Å²) in [5, 5.41) is 4.87. The predicted octanol–water partition coefficient (Wildman–Crippen LogP) is 4.20. The molecule has 7 nitrogen and oxygen atoms in total. The van der Waals surface area contributed by atoms with E-state index in [0.717, 1.165) is 50.1 Å². The van der Waals surface area contributed by atoms with Gasteiger partial charge in [-0.15, -0.1) is 11.3 Å². The normalized spacial score (nSPS) is 14.9. The van der Waals surface area contributed by atoms with Crippen LogP contribution >= 0.6 is 11.3 Å². The summed E-state index contributed by atoms with van der Waals surface area (Å²) in [7, 11) is 0. The van der Waals surface area contributed by atoms with Gasteiger partial charge < -0.3 is 10.2 Å². The summed E-state index contributed by atoms with van der Waals surface area (Å²) in [6.07, 6.45) is 6.54. The maximum atomic E-state index is 12.9. The van der Waals surface area contributed by atoms with Crippen molar-refractivity contribution in [2.24, 2.45) is 10.9 Å². The molecule has 1 amide bonds. The van der Waals surface area contributed by atoms with E-state index in [0.29, 0.717) is 24.1 Å². The highest BCUT2D eigenvalue weighted by Crippen LogP contribution is 2.24. The van der Waals surface area contributed by atoms with Crippen molar-refractivity contribution in [1.29, 1.82) is 0 Å². The molecule has 9 heteroatoms. The summed E-state index contributed by atoms with van der Waals surface area (Å²) < 4.78 is 12.9. The standard InChI is InChI=1S/C21H25FN6OS/c1-23-27-21(26-17-7-8-19(22)25-15-17)24-11-3-2-5-16-9-12-28(13-10-16)20(29)18-6-4-14-30-18/h4,6-8,14-16H,2-3,5,9-13H2,(H2,24,26,27). The van der Waals surface area contributed by atoms with E-state index in [9.17, 15) is 9.18 Å². The van der Waals surface area contributed by atoms with Gasteiger partial charge >= 0.3 is 0 Å². The van der Waals surface area contributed by atoms with Gasteiger partial charge in [0.15, 0.2) is 0 Å². The number of hydrogen-bond acceptors (Lipinski definition) is 4. The zero-order chi connectivity index (χ0) is 21.2. The first-order chi connectivity index (χ1) is 14.7. The van der Waals surface area contributed by atoms with Crippen molar-refractivity contribution in [3.8, 4) is 0 Å². The molecule has 3 heterocycles. The molecule has 1 aliphatic rings. The van der Waals surface area contributed by atoms with Gasteiger partial charge in [-0.3, -0.25) is 4.79 Å². The van der Waals surface area contributed by atoms with Gasteiger partial charge in [-0.25, -0.2) is 9.98 Å². The van der Waals surface area contributed by atoms with Crippen LogP contribution in [0.4, 0.5) is 10.1 Å². The third kappa shape index (κ3) is 6.52. The van der Waals surface area contributed by atoms with E-state index in [1.54, 1.807) is 6.07 Å². The molecular formula is C21H25FN6OS. The number of rotatable bonds is 7. The van der Waals surface area contributed by atoms with Gasteiger partial charge in [-0.2, -0.15) is 15.9 Å². The smallest absolute Gasteiger partial charge is 0.266 e. The van der Waals surface area contributed by atoms with Crippen LogP contribution < -0.4 is 10.7 Å². The molecule has 1 fully saturated rings. The Bertz CT molecular complexity index is 870. The molecule has 1 aliphatic heterocycles. The number of aliphatic imine (C=N–C) groups is 1. The van der Waals surface area contributed by atoms with Crippen LogP contribution in [0.2, 0.25) is 0 Å². The van der Waals surface area contributed by atoms with Crippen molar-refractivity contribution < 1.29 is 9.18 Å². The average molecular weight is 429 g/mol. The molecule has 0 spiro atoms. The van der Waals surface area contributed by atoms with Gasteiger partial charge in [0.2, 0.25) is 5.95 Å². The van der Waals surface area contributed by atoms with Gasteiger partial charge in [0.25, 0.3) is 11.9 Å². The number of aromatic nitrogens is 1. The number of anilines is 1. The van der Waals surface area contributed by atoms with Crippen LogP contribution in [-0.2, 0) is 0 Å². The van der Waals surface area contributed by atoms with Crippen LogP contribution in [0.1, 0.15) is 41.8 Å². The fourth-order valence-electron chi connectivity index (χ4n) is 3.46. The van der Waals surface area contributed by atoms with Gasteiger partial charge in [-0.05, 0) is 48.8 Å². The summed E-state index contributed by atoms with van der Waals surface area (Å²) in [5.74, 6) is 0.574. The highest BCUT2D eigenvalue weighted by molar-refractivity contribution is 7.12. The molecule has 1 saturated heterocycles. The summed E-state index contributed by atoms with van der Waals surface area (Å²) in [4.78, 5) is 26.3. The molecule has 0 saturated carbocycles. The number of unbranched alkanes of at least 4 members (excludes halogenated alkanes) is 1. The Kier molecular flexibility index (Phi) is 8.15. The molecule has 158 valence electrons. The van der Waals surface area contributed by atoms with E-state index < -0.39 is 5.95 Å². The van der Waals surface area contributed by atoms with Crippen LogP contribution in [0.25, 0.3) is 4.95 Å². The molecule has 2 aromatic heterocycles. The van der Waals surface area contributed by atoms with Gasteiger partial charge in [0, 0.05) is 19.6 Å². The van der Waals surface area contributed by atoms with Crippen molar-refractivity contribution in [2.45, 2.75) is 32.1 Å². The Balaban J connectivity index is 1.35. The molecule has 0 radical (unpaired) electrons. The van der Waals surface area contributed by atoms with Gasteiger partial charge in [0.05, 0.1) is 16.8 Å². The molecular weight excluding hydrogens is 403 g/mol. The topological polar surface area (TPSA) is 74.0 Å². The van der Waals surface area contributed by atoms with Crippen LogP contribution in [0.3, 0.4) is 0 Å². The van der Waals surface area contributed by atoms with Crippen molar-refractivity contribution >= 4 is 28.9 Å². The van der Waals surface area contributed by atoms with E-state index in [4.69, 9.17) is 6.57 Å². The van der Waals surface area contributed by atoms with Crippen molar-refractivity contribution in [3.05, 3.63) is 58.2 Å². The maximum absolute atomic E-state index is 12.9. The first kappa shape index (κ1) is 21.7. The van der Waals surface area contributed by atoms with E-state index in [1.165, 1.54) is 23.6 Å². The van der Waals surface area contributed by atoms with Gasteiger partial charge in [-0.1, -0.05) is 24.3 Å². The lowest BCUT2D eigenvalue weighted by Gasteiger charge is -2.31. The van der Waals surface area contributed by atoms with E-state index in [1.807, 2.05) is 22.4 Å². The van der Waals surface area contributed by atoms with E-state index in [-0.39, 0.29) is 5.91 Å². The molecule has 30 heavy (non-hydrogen) atoms. The van der Waals surface area contributed by atoms with E-state index in [2.05, 4.69) is 25.7 Å². The first-order valence-electron chi connectivity index (χ1n) is 10.0. The zero-order valence-corrected chi connectivity index (χ0v) is 17.5. The minimum atomic E-state index is -0.557. The predicted molar refractivity (Wildman–Crippen MR) is 117 cm³/mol. The van der Waals surface area contributed by atoms with Gasteiger partial charge in [0.1, 0.15) is 0 Å². The second-order valence-electron chi connectivity index (χ2n) is 7.16. The fraction of sp³-hybridized carbons (Fsp3) is 0.429.